The van der Waals surface area contributed by atoms with Gasteiger partial charge in [0.2, 0.25) is 0 Å². The van der Waals surface area contributed by atoms with Gasteiger partial charge < -0.3 is 4.42 Å². The van der Waals surface area contributed by atoms with Crippen LogP contribution in [0.5, 0.6) is 0 Å². The lowest BCUT2D eigenvalue weighted by Crippen LogP contribution is -2.13. The average Bonchev–Trinajstić information content (AvgIpc) is 3.35. The molecule has 1 aliphatic rings. The minimum atomic E-state index is -3.64. The van der Waals surface area contributed by atoms with E-state index in [2.05, 4.69) is 32.3 Å². The Labute approximate surface area is 166 Å². The minimum Gasteiger partial charge on any atom is -0.440 e. The van der Waals surface area contributed by atoms with Gasteiger partial charge in [-0.2, -0.15) is 0 Å². The summed E-state index contributed by atoms with van der Waals surface area (Å²) in [5.74, 6) is 1.88. The molecule has 0 bridgehead atoms. The molecule has 1 aliphatic carbocycles. The van der Waals surface area contributed by atoms with E-state index in [-0.39, 0.29) is 4.90 Å². The Kier molecular flexibility index (Phi) is 4.52. The zero-order valence-electron chi connectivity index (χ0n) is 14.1. The summed E-state index contributed by atoms with van der Waals surface area (Å²) in [6, 6.07) is 12.1. The number of hydrogen-bond donors (Lipinski definition) is 1. The van der Waals surface area contributed by atoms with Crippen molar-refractivity contribution in [3.8, 4) is 11.3 Å². The Hall–Kier alpha value is -1.87. The number of benzene rings is 2. The van der Waals surface area contributed by atoms with E-state index in [4.69, 9.17) is 4.42 Å². The number of halogens is 1. The van der Waals surface area contributed by atoms with Crippen molar-refractivity contribution in [3.05, 3.63) is 63.7 Å². The number of aromatic nitrogens is 1. The number of oxazole rings is 1. The molecule has 26 heavy (non-hydrogen) atoms. The maximum atomic E-state index is 12.6. The molecule has 1 aromatic heterocycles. The van der Waals surface area contributed by atoms with Crippen molar-refractivity contribution in [1.82, 2.24) is 4.98 Å². The first-order chi connectivity index (χ1) is 12.4. The van der Waals surface area contributed by atoms with Crippen LogP contribution < -0.4 is 4.72 Å². The average molecular weight is 480 g/mol. The van der Waals surface area contributed by atoms with E-state index in [1.807, 2.05) is 19.1 Å². The maximum Gasteiger partial charge on any atom is 0.261 e. The second-order valence-corrected chi connectivity index (χ2v) is 9.28. The van der Waals surface area contributed by atoms with Crippen LogP contribution in [0.2, 0.25) is 0 Å². The third-order valence-electron chi connectivity index (χ3n) is 4.31. The van der Waals surface area contributed by atoms with Crippen molar-refractivity contribution >= 4 is 38.3 Å². The van der Waals surface area contributed by atoms with Gasteiger partial charge in [0.05, 0.1) is 11.1 Å². The first kappa shape index (κ1) is 17.5. The predicted molar refractivity (Wildman–Crippen MR) is 109 cm³/mol. The van der Waals surface area contributed by atoms with Gasteiger partial charge in [0, 0.05) is 20.7 Å². The Morgan fingerprint density at radius 1 is 1.15 bits per heavy atom. The summed E-state index contributed by atoms with van der Waals surface area (Å²) in [4.78, 5) is 4.51. The molecule has 1 N–H and O–H groups in total. The van der Waals surface area contributed by atoms with E-state index in [1.54, 1.807) is 36.5 Å². The van der Waals surface area contributed by atoms with Gasteiger partial charge in [0.1, 0.15) is 0 Å². The summed E-state index contributed by atoms with van der Waals surface area (Å²) >= 11 is 2.22. The fraction of sp³-hybridized carbons (Fsp3) is 0.211. The van der Waals surface area contributed by atoms with E-state index >= 15 is 0 Å². The lowest BCUT2D eigenvalue weighted by atomic mass is 10.2. The van der Waals surface area contributed by atoms with Crippen molar-refractivity contribution in [1.29, 1.82) is 0 Å². The molecule has 0 amide bonds. The molecule has 0 atom stereocenters. The zero-order chi connectivity index (χ0) is 18.3. The fourth-order valence-electron chi connectivity index (χ4n) is 2.66. The van der Waals surface area contributed by atoms with E-state index in [9.17, 15) is 8.42 Å². The normalized spacial score (nSPS) is 14.4. The van der Waals surface area contributed by atoms with Crippen molar-refractivity contribution in [2.75, 3.05) is 4.72 Å². The summed E-state index contributed by atoms with van der Waals surface area (Å²) < 4.78 is 34.7. The molecule has 3 aromatic rings. The quantitative estimate of drug-likeness (QED) is 0.526. The summed E-state index contributed by atoms with van der Waals surface area (Å²) in [7, 11) is -3.64. The molecule has 0 spiro atoms. The van der Waals surface area contributed by atoms with Gasteiger partial charge in [-0.15, -0.1) is 0 Å². The van der Waals surface area contributed by atoms with E-state index in [0.717, 1.165) is 33.4 Å². The number of anilines is 1. The van der Waals surface area contributed by atoms with E-state index < -0.39 is 10.0 Å². The van der Waals surface area contributed by atoms with Crippen molar-refractivity contribution in [3.63, 3.8) is 0 Å². The summed E-state index contributed by atoms with van der Waals surface area (Å²) in [6.45, 7) is 1.95. The van der Waals surface area contributed by atoms with Crippen LogP contribution >= 0.6 is 22.6 Å². The van der Waals surface area contributed by atoms with Crippen LogP contribution in [0.4, 0.5) is 5.69 Å². The van der Waals surface area contributed by atoms with Crippen LogP contribution in [0.3, 0.4) is 0 Å². The highest BCUT2D eigenvalue weighted by atomic mass is 127. The Balaban J connectivity index is 1.55. The molecular weight excluding hydrogens is 463 g/mol. The first-order valence-corrected chi connectivity index (χ1v) is 10.8. The first-order valence-electron chi connectivity index (χ1n) is 8.27. The number of hydrogen-bond acceptors (Lipinski definition) is 4. The molecular formula is C19H17IN2O3S. The molecule has 0 saturated heterocycles. The van der Waals surface area contributed by atoms with Gasteiger partial charge >= 0.3 is 0 Å². The largest absolute Gasteiger partial charge is 0.440 e. The molecule has 5 nitrogen and oxygen atoms in total. The Morgan fingerprint density at radius 3 is 2.54 bits per heavy atom. The van der Waals surface area contributed by atoms with Crippen molar-refractivity contribution < 1.29 is 12.8 Å². The van der Waals surface area contributed by atoms with Crippen LogP contribution in [0.1, 0.15) is 30.2 Å². The van der Waals surface area contributed by atoms with Crippen molar-refractivity contribution in [2.24, 2.45) is 0 Å². The van der Waals surface area contributed by atoms with Gasteiger partial charge in [0.15, 0.2) is 11.7 Å². The van der Waals surface area contributed by atoms with Crippen LogP contribution in [0.15, 0.2) is 58.0 Å². The third kappa shape index (κ3) is 3.64. The van der Waals surface area contributed by atoms with Gasteiger partial charge in [-0.3, -0.25) is 4.72 Å². The van der Waals surface area contributed by atoms with Gasteiger partial charge in [-0.1, -0.05) is 0 Å². The molecule has 2 aromatic carbocycles. The highest BCUT2D eigenvalue weighted by Crippen LogP contribution is 2.40. The van der Waals surface area contributed by atoms with Crippen LogP contribution in [-0.2, 0) is 10.0 Å². The maximum absolute atomic E-state index is 12.6. The second kappa shape index (κ2) is 6.70. The smallest absolute Gasteiger partial charge is 0.261 e. The lowest BCUT2D eigenvalue weighted by Gasteiger charge is -2.10. The third-order valence-corrected chi connectivity index (χ3v) is 6.92. The zero-order valence-corrected chi connectivity index (χ0v) is 17.0. The Bertz CT molecular complexity index is 1050. The number of sulfonamides is 1. The van der Waals surface area contributed by atoms with E-state index in [0.29, 0.717) is 17.4 Å². The predicted octanol–water partition coefficient (Wildman–Crippen LogP) is 4.93. The molecule has 0 unspecified atom stereocenters. The number of aryl methyl sites for hydroxylation is 1. The van der Waals surface area contributed by atoms with Crippen molar-refractivity contribution in [2.45, 2.75) is 30.6 Å². The minimum absolute atomic E-state index is 0.208. The molecule has 0 aliphatic heterocycles. The second-order valence-electron chi connectivity index (χ2n) is 6.43. The number of nitrogens with one attached hydrogen (secondary N) is 1. The molecule has 7 heteroatoms. The molecule has 1 heterocycles. The van der Waals surface area contributed by atoms with Gasteiger partial charge in [-0.05, 0) is 90.4 Å². The molecule has 0 radical (unpaired) electrons. The topological polar surface area (TPSA) is 72.2 Å². The highest BCUT2D eigenvalue weighted by molar-refractivity contribution is 14.1. The van der Waals surface area contributed by atoms with Crippen LogP contribution in [0.25, 0.3) is 11.3 Å². The van der Waals surface area contributed by atoms with Crippen LogP contribution in [0, 0.1) is 10.5 Å². The number of nitrogens with zero attached hydrogens (tertiary/aromatic N) is 1. The Morgan fingerprint density at radius 2 is 1.88 bits per heavy atom. The molecule has 1 fully saturated rings. The van der Waals surface area contributed by atoms with Gasteiger partial charge in [0.25, 0.3) is 10.0 Å². The van der Waals surface area contributed by atoms with Gasteiger partial charge in [-0.25, -0.2) is 13.4 Å². The molecule has 4 rings (SSSR count). The summed E-state index contributed by atoms with van der Waals surface area (Å²) in [5.41, 5.74) is 2.39. The number of rotatable bonds is 5. The highest BCUT2D eigenvalue weighted by Gasteiger charge is 2.28. The lowest BCUT2D eigenvalue weighted by molar-refractivity contribution is 0.509. The monoisotopic (exact) mass is 480 g/mol. The fourth-order valence-corrected chi connectivity index (χ4v) is 4.05. The van der Waals surface area contributed by atoms with Crippen LogP contribution in [-0.4, -0.2) is 13.4 Å². The van der Waals surface area contributed by atoms with E-state index in [1.165, 1.54) is 0 Å². The summed E-state index contributed by atoms with van der Waals surface area (Å²) in [6.07, 6.45) is 3.95. The SMILES string of the molecule is Cc1cc(NS(=O)(=O)c2ccc(-c3cnc(C4CC4)o3)cc2)ccc1I. The summed E-state index contributed by atoms with van der Waals surface area (Å²) in [5, 5.41) is 0. The molecule has 1 saturated carbocycles. The molecule has 134 valence electrons. The standard InChI is InChI=1S/C19H17IN2O3S/c1-12-10-15(6-9-17(12)20)22-26(23,24)16-7-4-13(5-8-16)18-11-21-19(25-18)14-2-3-14/h4-11,14,22H,2-3H2,1H3.